The summed E-state index contributed by atoms with van der Waals surface area (Å²) in [7, 11) is -2.57. The van der Waals surface area contributed by atoms with Crippen molar-refractivity contribution >= 4 is 28.4 Å². The van der Waals surface area contributed by atoms with Crippen LogP contribution in [0, 0.1) is 12.8 Å². The third-order valence-electron chi connectivity index (χ3n) is 3.57. The standard InChI is InChI=1S/C14H20N2O4S.ClH/c1-9-3-6-13(11(7-9)14(17)20-2)21(18,19)16-8-12(15)10-4-5-10;/h3,6-7,10,12,16H,4-5,8,15H2,1-2H3;1H. The summed E-state index contributed by atoms with van der Waals surface area (Å²) < 4.78 is 31.8. The molecule has 0 amide bonds. The number of rotatable bonds is 6. The van der Waals surface area contributed by atoms with Crippen LogP contribution < -0.4 is 10.5 Å². The Balaban J connectivity index is 0.00000242. The number of hydrogen-bond acceptors (Lipinski definition) is 5. The number of nitrogens with two attached hydrogens (primary N) is 1. The molecule has 1 aromatic rings. The average molecular weight is 349 g/mol. The van der Waals surface area contributed by atoms with Crippen LogP contribution in [0.5, 0.6) is 0 Å². The van der Waals surface area contributed by atoms with Crippen LogP contribution in [0.15, 0.2) is 23.1 Å². The first kappa shape index (κ1) is 18.9. The molecule has 1 saturated carbocycles. The number of nitrogens with one attached hydrogen (secondary N) is 1. The van der Waals surface area contributed by atoms with Crippen molar-refractivity contribution in [2.45, 2.75) is 30.7 Å². The number of benzene rings is 1. The highest BCUT2D eigenvalue weighted by atomic mass is 35.5. The zero-order valence-corrected chi connectivity index (χ0v) is 14.2. The van der Waals surface area contributed by atoms with Crippen molar-refractivity contribution in [2.75, 3.05) is 13.7 Å². The summed E-state index contributed by atoms with van der Waals surface area (Å²) in [4.78, 5) is 11.7. The Labute approximate surface area is 136 Å². The molecule has 1 fully saturated rings. The highest BCUT2D eigenvalue weighted by Crippen LogP contribution is 2.31. The Morgan fingerprint density at radius 1 is 1.45 bits per heavy atom. The predicted octanol–water partition coefficient (Wildman–Crippen LogP) is 1.22. The zero-order chi connectivity index (χ0) is 15.6. The Bertz CT molecular complexity index is 644. The van der Waals surface area contributed by atoms with Gasteiger partial charge in [-0.05, 0) is 37.8 Å². The van der Waals surface area contributed by atoms with Crippen LogP contribution in [0.3, 0.4) is 0 Å². The molecule has 22 heavy (non-hydrogen) atoms. The largest absolute Gasteiger partial charge is 0.465 e. The minimum Gasteiger partial charge on any atom is -0.465 e. The number of hydrogen-bond donors (Lipinski definition) is 2. The molecule has 1 unspecified atom stereocenters. The molecule has 1 aliphatic carbocycles. The molecule has 124 valence electrons. The van der Waals surface area contributed by atoms with Crippen molar-refractivity contribution in [3.8, 4) is 0 Å². The topological polar surface area (TPSA) is 98.5 Å². The second kappa shape index (κ2) is 7.41. The van der Waals surface area contributed by atoms with Crippen LogP contribution in [0.4, 0.5) is 0 Å². The summed E-state index contributed by atoms with van der Waals surface area (Å²) in [6, 6.07) is 4.36. The summed E-state index contributed by atoms with van der Waals surface area (Å²) in [5.41, 5.74) is 6.71. The van der Waals surface area contributed by atoms with Gasteiger partial charge in [0.05, 0.1) is 17.6 Å². The Morgan fingerprint density at radius 2 is 2.09 bits per heavy atom. The molecular weight excluding hydrogens is 328 g/mol. The number of ether oxygens (including phenoxy) is 1. The third kappa shape index (κ3) is 4.42. The minimum absolute atomic E-state index is 0. The van der Waals surface area contributed by atoms with Crippen molar-refractivity contribution in [1.29, 1.82) is 0 Å². The number of methoxy groups -OCH3 is 1. The number of esters is 1. The van der Waals surface area contributed by atoms with E-state index in [4.69, 9.17) is 5.73 Å². The van der Waals surface area contributed by atoms with Gasteiger partial charge in [0.15, 0.2) is 0 Å². The molecule has 1 aromatic carbocycles. The average Bonchev–Trinajstić information content (AvgIpc) is 3.28. The Morgan fingerprint density at radius 3 is 2.64 bits per heavy atom. The fraction of sp³-hybridized carbons (Fsp3) is 0.500. The van der Waals surface area contributed by atoms with Crippen molar-refractivity contribution in [2.24, 2.45) is 11.7 Å². The van der Waals surface area contributed by atoms with Gasteiger partial charge in [-0.3, -0.25) is 0 Å². The number of aryl methyl sites for hydroxylation is 1. The molecule has 2 rings (SSSR count). The van der Waals surface area contributed by atoms with Gasteiger partial charge in [0, 0.05) is 12.6 Å². The molecule has 0 saturated heterocycles. The first-order valence-electron chi connectivity index (χ1n) is 6.79. The maximum atomic E-state index is 12.4. The van der Waals surface area contributed by atoms with Gasteiger partial charge in [0.2, 0.25) is 10.0 Å². The van der Waals surface area contributed by atoms with E-state index in [1.165, 1.54) is 19.2 Å². The fourth-order valence-corrected chi connectivity index (χ4v) is 3.37. The van der Waals surface area contributed by atoms with Crippen LogP contribution in [-0.2, 0) is 14.8 Å². The Hall–Kier alpha value is -1.15. The SMILES string of the molecule is COC(=O)c1cc(C)ccc1S(=O)(=O)NCC(N)C1CC1.Cl. The number of carbonyl (C=O) groups is 1. The number of sulfonamides is 1. The van der Waals surface area contributed by atoms with E-state index in [0.29, 0.717) is 5.92 Å². The number of carbonyl (C=O) groups excluding carboxylic acids is 1. The molecule has 0 heterocycles. The van der Waals surface area contributed by atoms with Gasteiger partial charge in [-0.15, -0.1) is 12.4 Å². The smallest absolute Gasteiger partial charge is 0.339 e. The van der Waals surface area contributed by atoms with E-state index in [-0.39, 0.29) is 35.5 Å². The van der Waals surface area contributed by atoms with Crippen molar-refractivity contribution in [3.63, 3.8) is 0 Å². The summed E-state index contributed by atoms with van der Waals surface area (Å²) in [5.74, 6) is -0.281. The van der Waals surface area contributed by atoms with Gasteiger partial charge < -0.3 is 10.5 Å². The molecule has 6 nitrogen and oxygen atoms in total. The van der Waals surface area contributed by atoms with E-state index in [2.05, 4.69) is 9.46 Å². The van der Waals surface area contributed by atoms with Crippen molar-refractivity contribution in [1.82, 2.24) is 4.72 Å². The van der Waals surface area contributed by atoms with E-state index < -0.39 is 16.0 Å². The van der Waals surface area contributed by atoms with E-state index >= 15 is 0 Å². The zero-order valence-electron chi connectivity index (χ0n) is 12.5. The molecule has 0 bridgehead atoms. The lowest BCUT2D eigenvalue weighted by Gasteiger charge is -2.14. The molecule has 1 aliphatic rings. The van der Waals surface area contributed by atoms with Crippen LogP contribution in [0.2, 0.25) is 0 Å². The monoisotopic (exact) mass is 348 g/mol. The van der Waals surface area contributed by atoms with Crippen molar-refractivity contribution in [3.05, 3.63) is 29.3 Å². The molecular formula is C14H21ClN2O4S. The van der Waals surface area contributed by atoms with Gasteiger partial charge >= 0.3 is 5.97 Å². The van der Waals surface area contributed by atoms with Crippen molar-refractivity contribution < 1.29 is 17.9 Å². The highest BCUT2D eigenvalue weighted by molar-refractivity contribution is 7.89. The Kier molecular flexibility index (Phi) is 6.37. The summed E-state index contributed by atoms with van der Waals surface area (Å²) in [6.07, 6.45) is 2.08. The summed E-state index contributed by atoms with van der Waals surface area (Å²) >= 11 is 0. The van der Waals surface area contributed by atoms with Gasteiger partial charge in [0.25, 0.3) is 0 Å². The molecule has 1 atom stereocenters. The van der Waals surface area contributed by atoms with E-state index in [1.54, 1.807) is 13.0 Å². The number of halogens is 1. The maximum Gasteiger partial charge on any atom is 0.339 e. The van der Waals surface area contributed by atoms with E-state index in [9.17, 15) is 13.2 Å². The second-order valence-corrected chi connectivity index (χ2v) is 7.08. The molecule has 0 aliphatic heterocycles. The van der Waals surface area contributed by atoms with Crippen LogP contribution in [-0.4, -0.2) is 34.1 Å². The van der Waals surface area contributed by atoms with Crippen LogP contribution in [0.1, 0.15) is 28.8 Å². The van der Waals surface area contributed by atoms with Crippen LogP contribution >= 0.6 is 12.4 Å². The first-order chi connectivity index (χ1) is 9.85. The van der Waals surface area contributed by atoms with Gasteiger partial charge in [-0.2, -0.15) is 0 Å². The van der Waals surface area contributed by atoms with Gasteiger partial charge in [-0.1, -0.05) is 11.6 Å². The van der Waals surface area contributed by atoms with E-state index in [0.717, 1.165) is 18.4 Å². The molecule has 8 heteroatoms. The quantitative estimate of drug-likeness (QED) is 0.753. The van der Waals surface area contributed by atoms with Gasteiger partial charge in [-0.25, -0.2) is 17.9 Å². The fourth-order valence-electron chi connectivity index (χ4n) is 2.12. The lowest BCUT2D eigenvalue weighted by molar-refractivity contribution is 0.0596. The maximum absolute atomic E-state index is 12.4. The van der Waals surface area contributed by atoms with E-state index in [1.807, 2.05) is 0 Å². The third-order valence-corrected chi connectivity index (χ3v) is 5.05. The van der Waals surface area contributed by atoms with Crippen LogP contribution in [0.25, 0.3) is 0 Å². The summed E-state index contributed by atoms with van der Waals surface area (Å²) in [5, 5.41) is 0. The normalized spacial score (nSPS) is 15.8. The molecule has 0 radical (unpaired) electrons. The predicted molar refractivity (Wildman–Crippen MR) is 85.7 cm³/mol. The lowest BCUT2D eigenvalue weighted by atomic mass is 10.1. The molecule has 3 N–H and O–H groups in total. The molecule has 0 spiro atoms. The van der Waals surface area contributed by atoms with Gasteiger partial charge in [0.1, 0.15) is 0 Å². The minimum atomic E-state index is -3.79. The second-order valence-electron chi connectivity index (χ2n) is 5.34. The summed E-state index contributed by atoms with van der Waals surface area (Å²) in [6.45, 7) is 1.95. The first-order valence-corrected chi connectivity index (χ1v) is 8.27. The molecule has 0 aromatic heterocycles. The highest BCUT2D eigenvalue weighted by Gasteiger charge is 2.30. The lowest BCUT2D eigenvalue weighted by Crippen LogP contribution is -2.39.